The summed E-state index contributed by atoms with van der Waals surface area (Å²) in [5.74, 6) is 1.63. The number of pyridine rings is 1. The van der Waals surface area contributed by atoms with E-state index in [4.69, 9.17) is 10.7 Å². The minimum Gasteiger partial charge on any atom is -0.338 e. The first-order valence-electron chi connectivity index (χ1n) is 11.8. The number of hydrogen-bond acceptors (Lipinski definition) is 6. The molecule has 0 spiro atoms. The SMILES string of the molecule is NC1(c2ccc(-c3c(-c4ccnnc4)nc4n3-c3cccnc3Nc3ccccc3-4)cc2)CCC1. The second-order valence-corrected chi connectivity index (χ2v) is 9.23. The Morgan fingerprint density at radius 3 is 2.49 bits per heavy atom. The predicted molar refractivity (Wildman–Crippen MR) is 136 cm³/mol. The smallest absolute Gasteiger partial charge is 0.154 e. The molecule has 0 radical (unpaired) electrons. The van der Waals surface area contributed by atoms with E-state index in [0.29, 0.717) is 0 Å². The standard InChI is InChI=1S/C28H23N7/c29-28(13-4-14-28)20-10-8-18(9-11-20)25-24(19-12-16-31-32-17-19)34-27-21-5-1-2-6-22(21)33-26-23(35(25)27)7-3-15-30-26/h1-3,5-12,15-17H,4,13-14,29H2,(H,30,33). The Bertz CT molecular complexity index is 1550. The van der Waals surface area contributed by atoms with E-state index in [1.165, 1.54) is 12.0 Å². The fraction of sp³-hybridized carbons (Fsp3) is 0.143. The van der Waals surface area contributed by atoms with Gasteiger partial charge in [0.1, 0.15) is 5.82 Å². The summed E-state index contributed by atoms with van der Waals surface area (Å²) in [7, 11) is 0. The number of rotatable bonds is 3. The van der Waals surface area contributed by atoms with Gasteiger partial charge >= 0.3 is 0 Å². The zero-order valence-electron chi connectivity index (χ0n) is 19.0. The summed E-state index contributed by atoms with van der Waals surface area (Å²) in [5, 5.41) is 11.6. The molecule has 1 fully saturated rings. The highest BCUT2D eigenvalue weighted by atomic mass is 15.2. The van der Waals surface area contributed by atoms with Gasteiger partial charge in [-0.1, -0.05) is 36.4 Å². The van der Waals surface area contributed by atoms with E-state index in [1.807, 2.05) is 24.3 Å². The van der Waals surface area contributed by atoms with Crippen molar-refractivity contribution in [1.29, 1.82) is 0 Å². The van der Waals surface area contributed by atoms with Gasteiger partial charge in [0.2, 0.25) is 0 Å². The lowest BCUT2D eigenvalue weighted by molar-refractivity contribution is 0.253. The van der Waals surface area contributed by atoms with E-state index in [1.54, 1.807) is 18.6 Å². The maximum absolute atomic E-state index is 6.61. The number of fused-ring (bicyclic) bond motifs is 5. The van der Waals surface area contributed by atoms with E-state index in [9.17, 15) is 0 Å². The predicted octanol–water partition coefficient (Wildman–Crippen LogP) is 5.45. The molecule has 1 aliphatic carbocycles. The van der Waals surface area contributed by atoms with Crippen LogP contribution in [0.15, 0.2) is 85.3 Å². The van der Waals surface area contributed by atoms with Crippen molar-refractivity contribution >= 4 is 11.5 Å². The van der Waals surface area contributed by atoms with E-state index in [-0.39, 0.29) is 5.54 Å². The Labute approximate surface area is 202 Å². The van der Waals surface area contributed by atoms with Crippen LogP contribution in [0.3, 0.4) is 0 Å². The highest BCUT2D eigenvalue weighted by Gasteiger charge is 2.34. The largest absolute Gasteiger partial charge is 0.338 e. The van der Waals surface area contributed by atoms with Gasteiger partial charge in [-0.25, -0.2) is 9.97 Å². The molecule has 1 saturated carbocycles. The van der Waals surface area contributed by atoms with Gasteiger partial charge in [-0.2, -0.15) is 10.2 Å². The van der Waals surface area contributed by atoms with Crippen molar-refractivity contribution in [2.45, 2.75) is 24.8 Å². The molecule has 0 atom stereocenters. The number of nitrogens with two attached hydrogens (primary N) is 1. The van der Waals surface area contributed by atoms with Crippen LogP contribution in [0.2, 0.25) is 0 Å². The summed E-state index contributed by atoms with van der Waals surface area (Å²) < 4.78 is 2.20. The lowest BCUT2D eigenvalue weighted by Crippen LogP contribution is -2.43. The molecular formula is C28H23N7. The molecule has 7 nitrogen and oxygen atoms in total. The number of hydrogen-bond donors (Lipinski definition) is 2. The summed E-state index contributed by atoms with van der Waals surface area (Å²) in [4.78, 5) is 9.86. The number of imidazole rings is 1. The molecule has 5 aromatic rings. The Morgan fingerprint density at radius 1 is 0.857 bits per heavy atom. The molecule has 7 heteroatoms. The number of anilines is 2. The topological polar surface area (TPSA) is 94.5 Å². The molecular weight excluding hydrogens is 434 g/mol. The summed E-state index contributed by atoms with van der Waals surface area (Å²) in [5.41, 5.74) is 14.3. The van der Waals surface area contributed by atoms with Crippen molar-refractivity contribution in [3.05, 3.63) is 90.9 Å². The highest BCUT2D eigenvalue weighted by Crippen LogP contribution is 2.45. The van der Waals surface area contributed by atoms with Crippen LogP contribution in [0.1, 0.15) is 24.8 Å². The van der Waals surface area contributed by atoms with Crippen LogP contribution >= 0.6 is 0 Å². The van der Waals surface area contributed by atoms with Crippen LogP contribution < -0.4 is 11.1 Å². The molecule has 3 N–H and O–H groups in total. The van der Waals surface area contributed by atoms with Crippen molar-refractivity contribution < 1.29 is 0 Å². The van der Waals surface area contributed by atoms with E-state index in [2.05, 4.69) is 67.5 Å². The van der Waals surface area contributed by atoms with Gasteiger partial charge in [-0.15, -0.1) is 0 Å². The van der Waals surface area contributed by atoms with E-state index >= 15 is 0 Å². The molecule has 3 aromatic heterocycles. The van der Waals surface area contributed by atoms with Crippen molar-refractivity contribution in [3.63, 3.8) is 0 Å². The third-order valence-electron chi connectivity index (χ3n) is 7.16. The number of para-hydroxylation sites is 1. The Kier molecular flexibility index (Phi) is 4.34. The Morgan fingerprint density at radius 2 is 1.71 bits per heavy atom. The highest BCUT2D eigenvalue weighted by molar-refractivity contribution is 5.90. The molecule has 4 heterocycles. The monoisotopic (exact) mass is 457 g/mol. The van der Waals surface area contributed by atoms with Gasteiger partial charge in [-0.3, -0.25) is 4.57 Å². The quantitative estimate of drug-likeness (QED) is 0.367. The number of aromatic nitrogens is 5. The molecule has 2 aliphatic rings. The molecule has 0 bridgehead atoms. The fourth-order valence-corrected chi connectivity index (χ4v) is 5.13. The summed E-state index contributed by atoms with van der Waals surface area (Å²) >= 11 is 0. The maximum Gasteiger partial charge on any atom is 0.154 e. The first-order chi connectivity index (χ1) is 17.2. The lowest BCUT2D eigenvalue weighted by atomic mass is 9.72. The summed E-state index contributed by atoms with van der Waals surface area (Å²) in [6.07, 6.45) is 8.51. The van der Waals surface area contributed by atoms with Crippen molar-refractivity contribution in [2.24, 2.45) is 5.73 Å². The van der Waals surface area contributed by atoms with Gasteiger partial charge in [0.15, 0.2) is 5.82 Å². The number of benzene rings is 2. The van der Waals surface area contributed by atoms with Crippen LogP contribution in [-0.4, -0.2) is 24.7 Å². The molecule has 1 aliphatic heterocycles. The molecule has 0 amide bonds. The average molecular weight is 458 g/mol. The van der Waals surface area contributed by atoms with Gasteiger partial charge in [0, 0.05) is 28.4 Å². The lowest BCUT2D eigenvalue weighted by Gasteiger charge is -2.38. The van der Waals surface area contributed by atoms with Crippen LogP contribution in [0.25, 0.3) is 39.6 Å². The van der Waals surface area contributed by atoms with Gasteiger partial charge in [0.25, 0.3) is 0 Å². The maximum atomic E-state index is 6.61. The number of nitrogens with zero attached hydrogens (tertiary/aromatic N) is 5. The average Bonchev–Trinajstić information content (AvgIpc) is 3.22. The molecule has 0 saturated heterocycles. The van der Waals surface area contributed by atoms with Crippen LogP contribution in [0.4, 0.5) is 11.5 Å². The zero-order chi connectivity index (χ0) is 23.4. The Hall–Kier alpha value is -4.36. The van der Waals surface area contributed by atoms with E-state index in [0.717, 1.165) is 63.9 Å². The number of nitrogens with one attached hydrogen (secondary N) is 1. The molecule has 7 rings (SSSR count). The molecule has 170 valence electrons. The van der Waals surface area contributed by atoms with Crippen molar-refractivity contribution in [1.82, 2.24) is 24.7 Å². The summed E-state index contributed by atoms with van der Waals surface area (Å²) in [6, 6.07) is 22.8. The third-order valence-corrected chi connectivity index (χ3v) is 7.16. The molecule has 0 unspecified atom stereocenters. The second-order valence-electron chi connectivity index (χ2n) is 9.23. The first kappa shape index (κ1) is 20.1. The second kappa shape index (κ2) is 7.58. The van der Waals surface area contributed by atoms with Crippen LogP contribution in [0.5, 0.6) is 0 Å². The zero-order valence-corrected chi connectivity index (χ0v) is 19.0. The van der Waals surface area contributed by atoms with Crippen LogP contribution in [0, 0.1) is 0 Å². The van der Waals surface area contributed by atoms with Crippen molar-refractivity contribution in [2.75, 3.05) is 5.32 Å². The third kappa shape index (κ3) is 3.09. The first-order valence-corrected chi connectivity index (χ1v) is 11.8. The molecule has 2 aromatic carbocycles. The fourth-order valence-electron chi connectivity index (χ4n) is 5.13. The van der Waals surface area contributed by atoms with Crippen molar-refractivity contribution in [3.8, 4) is 39.6 Å². The Balaban J connectivity index is 1.53. The minimum absolute atomic E-state index is 0.204. The van der Waals surface area contributed by atoms with E-state index < -0.39 is 0 Å². The van der Waals surface area contributed by atoms with Gasteiger partial charge in [0.05, 0.1) is 35.2 Å². The molecule has 35 heavy (non-hydrogen) atoms. The van der Waals surface area contributed by atoms with Gasteiger partial charge in [-0.05, 0) is 55.2 Å². The minimum atomic E-state index is -0.204. The van der Waals surface area contributed by atoms with Gasteiger partial charge < -0.3 is 11.1 Å². The van der Waals surface area contributed by atoms with Crippen LogP contribution in [-0.2, 0) is 5.54 Å². The normalized spacial score (nSPS) is 15.1. The summed E-state index contributed by atoms with van der Waals surface area (Å²) in [6.45, 7) is 0.